The summed E-state index contributed by atoms with van der Waals surface area (Å²) in [5.41, 5.74) is 3.88. The number of nitrogens with one attached hydrogen (secondary N) is 2. The first-order chi connectivity index (χ1) is 16.4. The van der Waals surface area contributed by atoms with Gasteiger partial charge in [0.05, 0.1) is 11.6 Å². The number of aromatic nitrogens is 2. The SMILES string of the molecule is Cc1cc(C#N)ccc1Nc1nnc(C(=O)Nc2ccc(C3CCC(CC(=O)O)CC3)cc2)o1. The molecule has 2 aromatic carbocycles. The van der Waals surface area contributed by atoms with Crippen LogP contribution in [0, 0.1) is 24.2 Å². The fourth-order valence-electron chi connectivity index (χ4n) is 4.32. The molecule has 1 aliphatic rings. The number of aliphatic carboxylic acids is 1. The second-order valence-corrected chi connectivity index (χ2v) is 8.57. The van der Waals surface area contributed by atoms with Gasteiger partial charge in [0.1, 0.15) is 0 Å². The maximum Gasteiger partial charge on any atom is 0.320 e. The van der Waals surface area contributed by atoms with Gasteiger partial charge in [0, 0.05) is 17.8 Å². The normalized spacial score (nSPS) is 17.5. The van der Waals surface area contributed by atoms with E-state index >= 15 is 0 Å². The van der Waals surface area contributed by atoms with E-state index in [1.807, 2.05) is 31.2 Å². The van der Waals surface area contributed by atoms with Crippen molar-refractivity contribution in [1.82, 2.24) is 10.2 Å². The third kappa shape index (κ3) is 5.59. The van der Waals surface area contributed by atoms with E-state index in [1.54, 1.807) is 18.2 Å². The lowest BCUT2D eigenvalue weighted by Gasteiger charge is -2.28. The molecular weight excluding hydrogens is 434 g/mol. The van der Waals surface area contributed by atoms with E-state index in [9.17, 15) is 9.59 Å². The lowest BCUT2D eigenvalue weighted by atomic mass is 9.77. The molecular formula is C25H25N5O4. The molecule has 0 saturated heterocycles. The molecule has 1 fully saturated rings. The molecule has 1 aromatic heterocycles. The van der Waals surface area contributed by atoms with Crippen molar-refractivity contribution in [3.63, 3.8) is 0 Å². The zero-order valence-electron chi connectivity index (χ0n) is 18.7. The summed E-state index contributed by atoms with van der Waals surface area (Å²) >= 11 is 0. The van der Waals surface area contributed by atoms with Gasteiger partial charge in [0.2, 0.25) is 0 Å². The highest BCUT2D eigenvalue weighted by atomic mass is 16.4. The molecule has 0 radical (unpaired) electrons. The van der Waals surface area contributed by atoms with Crippen LogP contribution in [0.4, 0.5) is 17.4 Å². The smallest absolute Gasteiger partial charge is 0.320 e. The van der Waals surface area contributed by atoms with Crippen molar-refractivity contribution < 1.29 is 19.1 Å². The van der Waals surface area contributed by atoms with Crippen molar-refractivity contribution in [1.29, 1.82) is 5.26 Å². The molecule has 4 rings (SSSR count). The molecule has 9 heteroatoms. The number of carbonyl (C=O) groups excluding carboxylic acids is 1. The molecule has 0 aliphatic heterocycles. The van der Waals surface area contributed by atoms with Crippen LogP contribution in [0.3, 0.4) is 0 Å². The fraction of sp³-hybridized carbons (Fsp3) is 0.320. The second-order valence-electron chi connectivity index (χ2n) is 8.57. The summed E-state index contributed by atoms with van der Waals surface area (Å²) in [6.07, 6.45) is 4.04. The Morgan fingerprint density at radius 3 is 2.50 bits per heavy atom. The van der Waals surface area contributed by atoms with Crippen molar-refractivity contribution >= 4 is 29.3 Å². The van der Waals surface area contributed by atoms with Gasteiger partial charge in [-0.15, -0.1) is 5.10 Å². The lowest BCUT2D eigenvalue weighted by Crippen LogP contribution is -2.16. The lowest BCUT2D eigenvalue weighted by molar-refractivity contribution is -0.138. The Morgan fingerprint density at radius 1 is 1.12 bits per heavy atom. The van der Waals surface area contributed by atoms with Gasteiger partial charge in [-0.25, -0.2) is 0 Å². The number of carbonyl (C=O) groups is 2. The maximum atomic E-state index is 12.5. The average Bonchev–Trinajstić information content (AvgIpc) is 3.30. The number of carboxylic acids is 1. The molecule has 1 amide bonds. The second kappa shape index (κ2) is 10.2. The summed E-state index contributed by atoms with van der Waals surface area (Å²) < 4.78 is 5.44. The molecule has 1 aliphatic carbocycles. The van der Waals surface area contributed by atoms with Crippen LogP contribution in [0.2, 0.25) is 0 Å². The van der Waals surface area contributed by atoms with E-state index in [0.29, 0.717) is 22.9 Å². The summed E-state index contributed by atoms with van der Waals surface area (Å²) in [6.45, 7) is 1.85. The van der Waals surface area contributed by atoms with Crippen molar-refractivity contribution in [2.45, 2.75) is 44.9 Å². The molecule has 0 atom stereocenters. The van der Waals surface area contributed by atoms with E-state index in [1.165, 1.54) is 5.56 Å². The molecule has 1 saturated carbocycles. The van der Waals surface area contributed by atoms with E-state index in [0.717, 1.165) is 31.2 Å². The Bertz CT molecular complexity index is 1220. The summed E-state index contributed by atoms with van der Waals surface area (Å²) in [5, 5.41) is 31.3. The quantitative estimate of drug-likeness (QED) is 0.448. The predicted octanol–water partition coefficient (Wildman–Crippen LogP) is 4.99. The summed E-state index contributed by atoms with van der Waals surface area (Å²) in [6, 6.07) is 15.0. The van der Waals surface area contributed by atoms with E-state index in [2.05, 4.69) is 26.9 Å². The molecule has 0 spiro atoms. The van der Waals surface area contributed by atoms with Gasteiger partial charge in [-0.2, -0.15) is 5.26 Å². The minimum absolute atomic E-state index is 0.0757. The first-order valence-corrected chi connectivity index (χ1v) is 11.2. The monoisotopic (exact) mass is 459 g/mol. The van der Waals surface area contributed by atoms with Crippen molar-refractivity contribution in [2.75, 3.05) is 10.6 Å². The highest BCUT2D eigenvalue weighted by Gasteiger charge is 2.24. The average molecular weight is 460 g/mol. The zero-order chi connectivity index (χ0) is 24.1. The van der Waals surface area contributed by atoms with Crippen LogP contribution >= 0.6 is 0 Å². The highest BCUT2D eigenvalue weighted by Crippen LogP contribution is 2.37. The van der Waals surface area contributed by atoms with Crippen molar-refractivity contribution in [3.05, 3.63) is 65.0 Å². The van der Waals surface area contributed by atoms with Crippen molar-refractivity contribution in [2.24, 2.45) is 5.92 Å². The Morgan fingerprint density at radius 2 is 1.85 bits per heavy atom. The third-order valence-corrected chi connectivity index (χ3v) is 6.17. The summed E-state index contributed by atoms with van der Waals surface area (Å²) in [7, 11) is 0. The molecule has 0 unspecified atom stereocenters. The molecule has 9 nitrogen and oxygen atoms in total. The molecule has 0 bridgehead atoms. The van der Waals surface area contributed by atoms with Crippen LogP contribution in [0.5, 0.6) is 0 Å². The number of hydrogen-bond donors (Lipinski definition) is 3. The van der Waals surface area contributed by atoms with Gasteiger partial charge in [-0.3, -0.25) is 9.59 Å². The summed E-state index contributed by atoms with van der Waals surface area (Å²) in [4.78, 5) is 23.4. The minimum atomic E-state index is -0.725. The largest absolute Gasteiger partial charge is 0.481 e. The maximum absolute atomic E-state index is 12.5. The Kier molecular flexibility index (Phi) is 6.87. The third-order valence-electron chi connectivity index (χ3n) is 6.17. The minimum Gasteiger partial charge on any atom is -0.481 e. The molecule has 34 heavy (non-hydrogen) atoms. The van der Waals surface area contributed by atoms with Gasteiger partial charge in [-0.05, 0) is 85.9 Å². The standard InChI is InChI=1S/C25H25N5O4/c1-15-12-17(14-26)4-11-21(15)28-25-30-29-24(34-25)23(33)27-20-9-7-19(8-10-20)18-5-2-16(3-6-18)13-22(31)32/h4,7-12,16,18H,2-3,5-6,13H2,1H3,(H,27,33)(H,28,30)(H,31,32). The molecule has 1 heterocycles. The predicted molar refractivity (Wildman–Crippen MR) is 125 cm³/mol. The number of nitriles is 1. The number of nitrogens with zero attached hydrogens (tertiary/aromatic N) is 3. The fourth-order valence-corrected chi connectivity index (χ4v) is 4.32. The molecule has 3 N–H and O–H groups in total. The van der Waals surface area contributed by atoms with Crippen LogP contribution in [0.15, 0.2) is 46.9 Å². The van der Waals surface area contributed by atoms with Crippen molar-refractivity contribution in [3.8, 4) is 6.07 Å². The van der Waals surface area contributed by atoms with Crippen LogP contribution in [0.1, 0.15) is 65.4 Å². The van der Waals surface area contributed by atoms with Gasteiger partial charge >= 0.3 is 23.8 Å². The number of amides is 1. The molecule has 174 valence electrons. The Balaban J connectivity index is 1.33. The number of benzene rings is 2. The van der Waals surface area contributed by atoms with Gasteiger partial charge < -0.3 is 20.2 Å². The van der Waals surface area contributed by atoms with Gasteiger partial charge in [0.25, 0.3) is 0 Å². The highest BCUT2D eigenvalue weighted by molar-refractivity contribution is 6.00. The zero-order valence-corrected chi connectivity index (χ0v) is 18.7. The Hall–Kier alpha value is -4.19. The number of anilines is 3. The van der Waals surface area contributed by atoms with Crippen LogP contribution < -0.4 is 10.6 Å². The number of rotatable bonds is 7. The van der Waals surface area contributed by atoms with Gasteiger partial charge in [0.15, 0.2) is 0 Å². The molecule has 3 aromatic rings. The van der Waals surface area contributed by atoms with E-state index < -0.39 is 11.9 Å². The number of carboxylic acid groups (broad SMARTS) is 1. The summed E-state index contributed by atoms with van der Waals surface area (Å²) in [5.74, 6) is -0.738. The topological polar surface area (TPSA) is 141 Å². The first-order valence-electron chi connectivity index (χ1n) is 11.2. The van der Waals surface area contributed by atoms with E-state index in [4.69, 9.17) is 14.8 Å². The van der Waals surface area contributed by atoms with Crippen LogP contribution in [0.25, 0.3) is 0 Å². The van der Waals surface area contributed by atoms with Gasteiger partial charge in [-0.1, -0.05) is 17.2 Å². The number of aryl methyl sites for hydroxylation is 1. The van der Waals surface area contributed by atoms with Crippen LogP contribution in [-0.4, -0.2) is 27.2 Å². The number of hydrogen-bond acceptors (Lipinski definition) is 7. The van der Waals surface area contributed by atoms with E-state index in [-0.39, 0.29) is 24.2 Å². The Labute approximate surface area is 196 Å². The first kappa shape index (κ1) is 23.0. The van der Waals surface area contributed by atoms with Crippen LogP contribution in [-0.2, 0) is 4.79 Å².